The summed E-state index contributed by atoms with van der Waals surface area (Å²) in [6, 6.07) is 12.9. The number of halogens is 1. The molecule has 148 valence electrons. The van der Waals surface area contributed by atoms with Gasteiger partial charge in [0.1, 0.15) is 5.75 Å². The molecule has 0 aromatic heterocycles. The van der Waals surface area contributed by atoms with Crippen LogP contribution in [0.4, 0.5) is 11.4 Å². The molecule has 0 radical (unpaired) electrons. The van der Waals surface area contributed by atoms with Gasteiger partial charge >= 0.3 is 0 Å². The zero-order chi connectivity index (χ0) is 20.7. The minimum Gasteiger partial charge on any atom is -0.483 e. The molecule has 2 aromatic carbocycles. The molecule has 0 spiro atoms. The number of carbonyl (C=O) groups excluding carboxylic acids is 2. The van der Waals surface area contributed by atoms with Gasteiger partial charge in [0.2, 0.25) is 5.91 Å². The Kier molecular flexibility index (Phi) is 7.95. The molecule has 8 heteroatoms. The van der Waals surface area contributed by atoms with Crippen LogP contribution in [-0.4, -0.2) is 30.6 Å². The summed E-state index contributed by atoms with van der Waals surface area (Å²) < 4.78 is 6.33. The lowest BCUT2D eigenvalue weighted by Gasteiger charge is -2.16. The van der Waals surface area contributed by atoms with Crippen molar-refractivity contribution in [1.29, 1.82) is 0 Å². The molecule has 2 amide bonds. The first-order valence-electron chi connectivity index (χ1n) is 8.66. The highest BCUT2D eigenvalue weighted by Crippen LogP contribution is 2.26. The maximum atomic E-state index is 12.0. The zero-order valence-electron chi connectivity index (χ0n) is 15.9. The number of carbonyl (C=O) groups is 2. The number of anilines is 2. The van der Waals surface area contributed by atoms with Gasteiger partial charge in [-0.3, -0.25) is 14.9 Å². The van der Waals surface area contributed by atoms with Crippen molar-refractivity contribution in [3.63, 3.8) is 0 Å². The number of benzene rings is 2. The van der Waals surface area contributed by atoms with Crippen molar-refractivity contribution in [2.75, 3.05) is 23.9 Å². The molecular weight excluding hydrogens is 442 g/mol. The number of aryl methyl sites for hydroxylation is 1. The molecule has 0 aliphatic heterocycles. The van der Waals surface area contributed by atoms with Crippen molar-refractivity contribution >= 4 is 56.4 Å². The molecule has 28 heavy (non-hydrogen) atoms. The molecule has 0 bridgehead atoms. The van der Waals surface area contributed by atoms with Crippen molar-refractivity contribution in [2.24, 2.45) is 0 Å². The monoisotopic (exact) mass is 463 g/mol. The topological polar surface area (TPSA) is 70.7 Å². The second-order valence-electron chi connectivity index (χ2n) is 6.03. The number of nitrogens with one attached hydrogen (secondary N) is 2. The summed E-state index contributed by atoms with van der Waals surface area (Å²) in [5.74, 6) is 0.174. The average molecular weight is 464 g/mol. The predicted octanol–water partition coefficient (Wildman–Crippen LogP) is 3.89. The molecule has 6 nitrogen and oxygen atoms in total. The lowest BCUT2D eigenvalue weighted by Crippen LogP contribution is -2.37. The molecule has 0 saturated heterocycles. The fraction of sp³-hybridized carbons (Fsp3) is 0.250. The molecule has 2 N–H and O–H groups in total. The molecule has 0 fully saturated rings. The molecule has 0 atom stereocenters. The van der Waals surface area contributed by atoms with Gasteiger partial charge in [0.25, 0.3) is 5.91 Å². The molecule has 0 saturated carbocycles. The van der Waals surface area contributed by atoms with E-state index in [1.807, 2.05) is 18.2 Å². The van der Waals surface area contributed by atoms with Gasteiger partial charge in [-0.15, -0.1) is 0 Å². The van der Waals surface area contributed by atoms with Gasteiger partial charge in [-0.2, -0.15) is 0 Å². The summed E-state index contributed by atoms with van der Waals surface area (Å²) in [5.41, 5.74) is 2.64. The van der Waals surface area contributed by atoms with E-state index in [0.717, 1.165) is 16.6 Å². The van der Waals surface area contributed by atoms with Gasteiger partial charge in [-0.05, 0) is 76.5 Å². The fourth-order valence-corrected chi connectivity index (χ4v) is 3.07. The molecule has 0 aliphatic rings. The third-order valence-electron chi connectivity index (χ3n) is 4.00. The van der Waals surface area contributed by atoms with Gasteiger partial charge < -0.3 is 15.0 Å². The van der Waals surface area contributed by atoms with Gasteiger partial charge in [-0.1, -0.05) is 13.0 Å². The standard InChI is InChI=1S/C20H22BrN3O3S/c1-4-14-5-10-18(17(21)11-14)27-12-19(26)23-20(28)22-15-6-8-16(9-7-15)24(3)13(2)25/h5-11H,4,12H2,1-3H3,(H2,22,23,26,28). The molecule has 2 rings (SSSR count). The Labute approximate surface area is 178 Å². The van der Waals surface area contributed by atoms with Crippen molar-refractivity contribution in [2.45, 2.75) is 20.3 Å². The first kappa shape index (κ1) is 21.8. The maximum absolute atomic E-state index is 12.0. The highest BCUT2D eigenvalue weighted by atomic mass is 79.9. The predicted molar refractivity (Wildman–Crippen MR) is 119 cm³/mol. The van der Waals surface area contributed by atoms with Crippen molar-refractivity contribution in [1.82, 2.24) is 5.32 Å². The third-order valence-corrected chi connectivity index (χ3v) is 4.82. The highest BCUT2D eigenvalue weighted by Gasteiger charge is 2.09. The van der Waals surface area contributed by atoms with E-state index in [9.17, 15) is 9.59 Å². The van der Waals surface area contributed by atoms with E-state index >= 15 is 0 Å². The lowest BCUT2D eigenvalue weighted by molar-refractivity contribution is -0.121. The Balaban J connectivity index is 1.84. The van der Waals surface area contributed by atoms with Gasteiger partial charge in [0.05, 0.1) is 4.47 Å². The van der Waals surface area contributed by atoms with Crippen LogP contribution in [0, 0.1) is 0 Å². The zero-order valence-corrected chi connectivity index (χ0v) is 18.3. The summed E-state index contributed by atoms with van der Waals surface area (Å²) in [6.07, 6.45) is 0.922. The van der Waals surface area contributed by atoms with E-state index in [4.69, 9.17) is 17.0 Å². The van der Waals surface area contributed by atoms with E-state index < -0.39 is 0 Å². The van der Waals surface area contributed by atoms with Crippen LogP contribution in [0.1, 0.15) is 19.4 Å². The van der Waals surface area contributed by atoms with Crippen LogP contribution >= 0.6 is 28.1 Å². The van der Waals surface area contributed by atoms with E-state index in [1.165, 1.54) is 17.4 Å². The quantitative estimate of drug-likeness (QED) is 0.635. The van der Waals surface area contributed by atoms with Crippen LogP contribution in [-0.2, 0) is 16.0 Å². The third kappa shape index (κ3) is 6.31. The van der Waals surface area contributed by atoms with Gasteiger partial charge in [-0.25, -0.2) is 0 Å². The number of rotatable bonds is 6. The first-order valence-corrected chi connectivity index (χ1v) is 9.86. The van der Waals surface area contributed by atoms with E-state index in [2.05, 4.69) is 33.5 Å². The van der Waals surface area contributed by atoms with Crippen LogP contribution < -0.4 is 20.3 Å². The minimum absolute atomic E-state index is 0.0561. The van der Waals surface area contributed by atoms with Crippen molar-refractivity contribution < 1.29 is 14.3 Å². The number of hydrogen-bond acceptors (Lipinski definition) is 4. The molecule has 0 unspecified atom stereocenters. The number of hydrogen-bond donors (Lipinski definition) is 2. The first-order chi connectivity index (χ1) is 13.3. The van der Waals surface area contributed by atoms with Crippen molar-refractivity contribution in [3.8, 4) is 5.75 Å². The van der Waals surface area contributed by atoms with Crippen LogP contribution in [0.5, 0.6) is 5.75 Å². The van der Waals surface area contributed by atoms with Gasteiger partial charge in [0, 0.05) is 25.3 Å². The minimum atomic E-state index is -0.364. The smallest absolute Gasteiger partial charge is 0.264 e. The Morgan fingerprint density at radius 1 is 1.18 bits per heavy atom. The number of amides is 2. The Bertz CT molecular complexity index is 871. The molecule has 0 aliphatic carbocycles. The fourth-order valence-electron chi connectivity index (χ4n) is 2.30. The van der Waals surface area contributed by atoms with Crippen LogP contribution in [0.15, 0.2) is 46.9 Å². The number of ether oxygens (including phenoxy) is 1. The van der Waals surface area contributed by atoms with Crippen LogP contribution in [0.3, 0.4) is 0 Å². The molecular formula is C20H22BrN3O3S. The molecule has 0 heterocycles. The second-order valence-corrected chi connectivity index (χ2v) is 7.30. The Hall–Kier alpha value is -2.45. The van der Waals surface area contributed by atoms with E-state index in [0.29, 0.717) is 11.4 Å². The summed E-state index contributed by atoms with van der Waals surface area (Å²) in [6.45, 7) is 3.41. The maximum Gasteiger partial charge on any atom is 0.264 e. The summed E-state index contributed by atoms with van der Waals surface area (Å²) in [4.78, 5) is 25.0. The van der Waals surface area contributed by atoms with Crippen LogP contribution in [0.2, 0.25) is 0 Å². The summed E-state index contributed by atoms with van der Waals surface area (Å²) >= 11 is 8.59. The SMILES string of the molecule is CCc1ccc(OCC(=O)NC(=S)Nc2ccc(N(C)C(C)=O)cc2)c(Br)c1. The van der Waals surface area contributed by atoms with E-state index in [1.54, 1.807) is 31.3 Å². The summed E-state index contributed by atoms with van der Waals surface area (Å²) in [7, 11) is 1.70. The summed E-state index contributed by atoms with van der Waals surface area (Å²) in [5, 5.41) is 5.67. The molecule has 2 aromatic rings. The Morgan fingerprint density at radius 2 is 1.86 bits per heavy atom. The largest absolute Gasteiger partial charge is 0.483 e. The normalized spacial score (nSPS) is 10.1. The van der Waals surface area contributed by atoms with Gasteiger partial charge in [0.15, 0.2) is 11.7 Å². The lowest BCUT2D eigenvalue weighted by atomic mass is 10.2. The van der Waals surface area contributed by atoms with Crippen LogP contribution in [0.25, 0.3) is 0 Å². The second kappa shape index (κ2) is 10.2. The number of nitrogens with zero attached hydrogens (tertiary/aromatic N) is 1. The van der Waals surface area contributed by atoms with E-state index in [-0.39, 0.29) is 23.5 Å². The average Bonchev–Trinajstić information content (AvgIpc) is 2.66. The van der Waals surface area contributed by atoms with Crippen molar-refractivity contribution in [3.05, 3.63) is 52.5 Å². The Morgan fingerprint density at radius 3 is 2.43 bits per heavy atom. The highest BCUT2D eigenvalue weighted by molar-refractivity contribution is 9.10. The number of thiocarbonyl (C=S) groups is 1.